The summed E-state index contributed by atoms with van der Waals surface area (Å²) >= 11 is 0. The standard InChI is InChI=1S/C20H26O3/c1-15(11-14-22-17(21)16-9-6-5-7-10-16)20-18(2,3)12-8-13-19(20,4)23-20/h5-7,9-11H,8,12-14H2,1-4H3/b15-11+. The molecule has 0 spiro atoms. The van der Waals surface area contributed by atoms with Gasteiger partial charge in [-0.05, 0) is 56.9 Å². The highest BCUT2D eigenvalue weighted by Crippen LogP contribution is 2.68. The summed E-state index contributed by atoms with van der Waals surface area (Å²) in [7, 11) is 0. The maximum atomic E-state index is 12.0. The van der Waals surface area contributed by atoms with Crippen LogP contribution in [0.1, 0.15) is 57.3 Å². The number of epoxide rings is 1. The predicted molar refractivity (Wildman–Crippen MR) is 90.3 cm³/mol. The first kappa shape index (κ1) is 16.3. The Balaban J connectivity index is 1.68. The van der Waals surface area contributed by atoms with E-state index in [-0.39, 0.29) is 29.2 Å². The number of rotatable bonds is 4. The molecule has 3 nitrogen and oxygen atoms in total. The molecule has 2 unspecified atom stereocenters. The van der Waals surface area contributed by atoms with E-state index >= 15 is 0 Å². The van der Waals surface area contributed by atoms with Crippen molar-refractivity contribution in [2.24, 2.45) is 5.41 Å². The van der Waals surface area contributed by atoms with E-state index < -0.39 is 0 Å². The summed E-state index contributed by atoms with van der Waals surface area (Å²) in [4.78, 5) is 12.0. The number of hydrogen-bond acceptors (Lipinski definition) is 3. The zero-order chi connectivity index (χ0) is 16.7. The maximum Gasteiger partial charge on any atom is 0.338 e. The molecular weight excluding hydrogens is 288 g/mol. The first-order chi connectivity index (χ1) is 10.8. The molecular formula is C20H26O3. The van der Waals surface area contributed by atoms with Crippen LogP contribution in [0.2, 0.25) is 0 Å². The van der Waals surface area contributed by atoms with Crippen LogP contribution in [0.25, 0.3) is 0 Å². The third-order valence-corrected chi connectivity index (χ3v) is 5.66. The summed E-state index contributed by atoms with van der Waals surface area (Å²) in [6.45, 7) is 9.17. The monoisotopic (exact) mass is 314 g/mol. The van der Waals surface area contributed by atoms with Crippen LogP contribution in [0, 0.1) is 5.41 Å². The zero-order valence-corrected chi connectivity index (χ0v) is 14.5. The Labute approximate surface area is 138 Å². The van der Waals surface area contributed by atoms with Gasteiger partial charge in [-0.1, -0.05) is 32.0 Å². The van der Waals surface area contributed by atoms with Crippen molar-refractivity contribution in [3.8, 4) is 0 Å². The zero-order valence-electron chi connectivity index (χ0n) is 14.5. The molecule has 0 amide bonds. The fourth-order valence-electron chi connectivity index (χ4n) is 4.51. The number of fused-ring (bicyclic) bond motifs is 1. The molecule has 1 aromatic carbocycles. The smallest absolute Gasteiger partial charge is 0.338 e. The lowest BCUT2D eigenvalue weighted by Crippen LogP contribution is -2.43. The highest BCUT2D eigenvalue weighted by molar-refractivity contribution is 5.89. The van der Waals surface area contributed by atoms with Crippen molar-refractivity contribution in [1.82, 2.24) is 0 Å². The molecule has 3 heteroatoms. The number of hydrogen-bond donors (Lipinski definition) is 0. The van der Waals surface area contributed by atoms with E-state index in [0.717, 1.165) is 12.8 Å². The lowest BCUT2D eigenvalue weighted by molar-refractivity contribution is 0.0547. The van der Waals surface area contributed by atoms with Crippen LogP contribution in [-0.4, -0.2) is 23.8 Å². The first-order valence-corrected chi connectivity index (χ1v) is 8.42. The molecule has 1 saturated heterocycles. The molecule has 3 rings (SSSR count). The highest BCUT2D eigenvalue weighted by Gasteiger charge is 2.75. The van der Waals surface area contributed by atoms with Crippen molar-refractivity contribution in [3.63, 3.8) is 0 Å². The Kier molecular flexibility index (Phi) is 3.88. The van der Waals surface area contributed by atoms with Gasteiger partial charge in [0.15, 0.2) is 0 Å². The second kappa shape index (κ2) is 5.48. The Morgan fingerprint density at radius 2 is 1.91 bits per heavy atom. The number of benzene rings is 1. The van der Waals surface area contributed by atoms with Crippen LogP contribution in [0.5, 0.6) is 0 Å². The minimum Gasteiger partial charge on any atom is -0.458 e. The summed E-state index contributed by atoms with van der Waals surface area (Å²) in [5.74, 6) is -0.283. The number of carbonyl (C=O) groups excluding carboxylic acids is 1. The van der Waals surface area contributed by atoms with Gasteiger partial charge in [0, 0.05) is 5.41 Å². The summed E-state index contributed by atoms with van der Waals surface area (Å²) in [5, 5.41) is 0. The second-order valence-electron chi connectivity index (χ2n) is 7.60. The Hall–Kier alpha value is -1.61. The molecule has 23 heavy (non-hydrogen) atoms. The quantitative estimate of drug-likeness (QED) is 0.466. The van der Waals surface area contributed by atoms with Gasteiger partial charge >= 0.3 is 5.97 Å². The van der Waals surface area contributed by atoms with Gasteiger partial charge in [0.1, 0.15) is 17.8 Å². The Bertz CT molecular complexity index is 632. The van der Waals surface area contributed by atoms with E-state index in [1.54, 1.807) is 12.1 Å². The van der Waals surface area contributed by atoms with Gasteiger partial charge in [-0.3, -0.25) is 0 Å². The van der Waals surface area contributed by atoms with E-state index in [2.05, 4.69) is 27.7 Å². The summed E-state index contributed by atoms with van der Waals surface area (Å²) in [6.07, 6.45) is 5.49. The molecule has 1 heterocycles. The summed E-state index contributed by atoms with van der Waals surface area (Å²) < 4.78 is 11.6. The van der Waals surface area contributed by atoms with E-state index in [9.17, 15) is 4.79 Å². The summed E-state index contributed by atoms with van der Waals surface area (Å²) in [5.41, 5.74) is 1.63. The number of esters is 1. The summed E-state index contributed by atoms with van der Waals surface area (Å²) in [6, 6.07) is 9.09. The predicted octanol–water partition coefficient (Wildman–Crippen LogP) is 4.53. The molecule has 0 N–H and O–H groups in total. The van der Waals surface area contributed by atoms with E-state index in [4.69, 9.17) is 9.47 Å². The van der Waals surface area contributed by atoms with Crippen molar-refractivity contribution >= 4 is 5.97 Å². The van der Waals surface area contributed by atoms with Gasteiger partial charge in [-0.25, -0.2) is 4.79 Å². The Morgan fingerprint density at radius 3 is 2.57 bits per heavy atom. The van der Waals surface area contributed by atoms with Gasteiger partial charge < -0.3 is 9.47 Å². The highest BCUT2D eigenvalue weighted by atomic mass is 16.6. The minimum atomic E-state index is -0.283. The third kappa shape index (κ3) is 2.51. The molecule has 1 aliphatic heterocycles. The van der Waals surface area contributed by atoms with E-state index in [0.29, 0.717) is 5.56 Å². The van der Waals surface area contributed by atoms with Crippen LogP contribution >= 0.6 is 0 Å². The van der Waals surface area contributed by atoms with Crippen LogP contribution in [0.15, 0.2) is 42.0 Å². The normalized spacial score (nSPS) is 32.1. The van der Waals surface area contributed by atoms with Crippen LogP contribution in [0.4, 0.5) is 0 Å². The molecule has 2 aliphatic rings. The third-order valence-electron chi connectivity index (χ3n) is 5.66. The average Bonchev–Trinajstić information content (AvgIpc) is 3.17. The van der Waals surface area contributed by atoms with Gasteiger partial charge in [-0.2, -0.15) is 0 Å². The maximum absolute atomic E-state index is 12.0. The lowest BCUT2D eigenvalue weighted by atomic mass is 9.61. The molecule has 0 radical (unpaired) electrons. The van der Waals surface area contributed by atoms with Crippen molar-refractivity contribution in [1.29, 1.82) is 0 Å². The van der Waals surface area contributed by atoms with Crippen molar-refractivity contribution in [2.75, 3.05) is 6.61 Å². The van der Waals surface area contributed by atoms with Gasteiger partial charge in [0.2, 0.25) is 0 Å². The molecule has 2 atom stereocenters. The fraction of sp³-hybridized carbons (Fsp3) is 0.550. The second-order valence-corrected chi connectivity index (χ2v) is 7.60. The molecule has 2 fully saturated rings. The first-order valence-electron chi connectivity index (χ1n) is 8.42. The van der Waals surface area contributed by atoms with E-state index in [1.807, 2.05) is 24.3 Å². The SMILES string of the molecule is C/C(=C\COC(=O)c1ccccc1)C12OC1(C)CCCC2(C)C. The topological polar surface area (TPSA) is 38.8 Å². The van der Waals surface area contributed by atoms with Crippen LogP contribution in [0.3, 0.4) is 0 Å². The van der Waals surface area contributed by atoms with Gasteiger partial charge in [0.05, 0.1) is 5.56 Å². The molecule has 0 aromatic heterocycles. The van der Waals surface area contributed by atoms with Crippen molar-refractivity contribution in [3.05, 3.63) is 47.5 Å². The molecule has 0 bridgehead atoms. The molecule has 1 aliphatic carbocycles. The lowest BCUT2D eigenvalue weighted by Gasteiger charge is -2.39. The van der Waals surface area contributed by atoms with E-state index in [1.165, 1.54) is 12.0 Å². The largest absolute Gasteiger partial charge is 0.458 e. The molecule has 1 aromatic rings. The molecule has 1 saturated carbocycles. The molecule has 124 valence electrons. The van der Waals surface area contributed by atoms with Gasteiger partial charge in [-0.15, -0.1) is 0 Å². The van der Waals surface area contributed by atoms with Crippen molar-refractivity contribution < 1.29 is 14.3 Å². The minimum absolute atomic E-state index is 0.0568. The number of carbonyl (C=O) groups is 1. The fourth-order valence-corrected chi connectivity index (χ4v) is 4.51. The number of ether oxygens (including phenoxy) is 2. The van der Waals surface area contributed by atoms with Crippen LogP contribution < -0.4 is 0 Å². The average molecular weight is 314 g/mol. The van der Waals surface area contributed by atoms with Gasteiger partial charge in [0.25, 0.3) is 0 Å². The Morgan fingerprint density at radius 1 is 1.22 bits per heavy atom. The van der Waals surface area contributed by atoms with Crippen molar-refractivity contribution in [2.45, 2.75) is 58.2 Å². The van der Waals surface area contributed by atoms with Crippen LogP contribution in [-0.2, 0) is 9.47 Å².